The minimum atomic E-state index is 0.832. The number of hydrogen-bond donors (Lipinski definition) is 1. The second kappa shape index (κ2) is 6.55. The Morgan fingerprint density at radius 1 is 1.28 bits per heavy atom. The van der Waals surface area contributed by atoms with Crippen LogP contribution in [-0.2, 0) is 0 Å². The molecule has 0 aromatic carbocycles. The summed E-state index contributed by atoms with van der Waals surface area (Å²) in [7, 11) is 0. The van der Waals surface area contributed by atoms with Crippen LogP contribution in [0.2, 0.25) is 0 Å². The van der Waals surface area contributed by atoms with E-state index in [1.165, 1.54) is 37.7 Å². The third kappa shape index (κ3) is 3.71. The fourth-order valence-electron chi connectivity index (χ4n) is 2.73. The van der Waals surface area contributed by atoms with E-state index in [4.69, 9.17) is 0 Å². The second-order valence-electron chi connectivity index (χ2n) is 5.49. The molecule has 3 heteroatoms. The summed E-state index contributed by atoms with van der Waals surface area (Å²) in [5, 5.41) is 3.48. The first-order valence-corrected chi connectivity index (χ1v) is 7.84. The van der Waals surface area contributed by atoms with Crippen molar-refractivity contribution in [3.8, 4) is 0 Å². The molecule has 1 aliphatic rings. The number of aromatic nitrogens is 1. The fourth-order valence-corrected chi connectivity index (χ4v) is 2.95. The van der Waals surface area contributed by atoms with Crippen LogP contribution >= 0.6 is 15.9 Å². The Labute approximate surface area is 119 Å². The highest BCUT2D eigenvalue weighted by molar-refractivity contribution is 9.10. The zero-order valence-electron chi connectivity index (χ0n) is 11.4. The van der Waals surface area contributed by atoms with Crippen LogP contribution in [0.5, 0.6) is 0 Å². The van der Waals surface area contributed by atoms with Crippen molar-refractivity contribution < 1.29 is 0 Å². The van der Waals surface area contributed by atoms with E-state index in [-0.39, 0.29) is 0 Å². The summed E-state index contributed by atoms with van der Waals surface area (Å²) in [5.74, 6) is 2.82. The fraction of sp³-hybridized carbons (Fsp3) is 0.667. The van der Waals surface area contributed by atoms with Gasteiger partial charge in [0.05, 0.1) is 0 Å². The molecule has 1 heterocycles. The van der Waals surface area contributed by atoms with Crippen molar-refractivity contribution in [2.75, 3.05) is 11.9 Å². The largest absolute Gasteiger partial charge is 0.370 e. The zero-order chi connectivity index (χ0) is 13.0. The minimum Gasteiger partial charge on any atom is -0.370 e. The average molecular weight is 311 g/mol. The van der Waals surface area contributed by atoms with Gasteiger partial charge in [0.2, 0.25) is 0 Å². The predicted octanol–water partition coefficient (Wildman–Crippen LogP) is 4.78. The molecule has 1 aromatic rings. The zero-order valence-corrected chi connectivity index (χ0v) is 13.0. The molecule has 1 aliphatic carbocycles. The van der Waals surface area contributed by atoms with Gasteiger partial charge in [0.1, 0.15) is 5.82 Å². The molecule has 0 saturated heterocycles. The van der Waals surface area contributed by atoms with E-state index in [0.29, 0.717) is 0 Å². The molecule has 0 radical (unpaired) electrons. The van der Waals surface area contributed by atoms with Gasteiger partial charge in [-0.2, -0.15) is 0 Å². The number of nitrogens with one attached hydrogen (secondary N) is 1. The lowest BCUT2D eigenvalue weighted by atomic mass is 9.81. The van der Waals surface area contributed by atoms with Crippen LogP contribution in [0.3, 0.4) is 0 Å². The number of pyridine rings is 1. The second-order valence-corrected chi connectivity index (χ2v) is 6.35. The standard InChI is InChI=1S/C15H23BrN2/c1-3-12-4-6-13(7-5-12)9-17-15-8-11(2)14(16)10-18-15/h8,10,12-13H,3-7,9H2,1-2H3,(H,17,18). The van der Waals surface area contributed by atoms with Crippen LogP contribution in [0.15, 0.2) is 16.7 Å². The van der Waals surface area contributed by atoms with Crippen LogP contribution in [0, 0.1) is 18.8 Å². The van der Waals surface area contributed by atoms with Crippen molar-refractivity contribution in [1.29, 1.82) is 0 Å². The summed E-state index contributed by atoms with van der Waals surface area (Å²) in [6, 6.07) is 2.11. The van der Waals surface area contributed by atoms with E-state index < -0.39 is 0 Å². The van der Waals surface area contributed by atoms with Crippen LogP contribution in [-0.4, -0.2) is 11.5 Å². The van der Waals surface area contributed by atoms with Gasteiger partial charge < -0.3 is 5.32 Å². The Balaban J connectivity index is 1.79. The maximum absolute atomic E-state index is 4.40. The molecule has 0 bridgehead atoms. The highest BCUT2D eigenvalue weighted by Gasteiger charge is 2.19. The van der Waals surface area contributed by atoms with Crippen molar-refractivity contribution in [3.05, 3.63) is 22.3 Å². The molecule has 2 rings (SSSR count). The van der Waals surface area contributed by atoms with Gasteiger partial charge in [0, 0.05) is 17.2 Å². The Hall–Kier alpha value is -0.570. The van der Waals surface area contributed by atoms with Gasteiger partial charge in [-0.3, -0.25) is 0 Å². The van der Waals surface area contributed by atoms with Crippen LogP contribution in [0.4, 0.5) is 5.82 Å². The summed E-state index contributed by atoms with van der Waals surface area (Å²) in [4.78, 5) is 4.40. The van der Waals surface area contributed by atoms with Gasteiger partial charge in [0.25, 0.3) is 0 Å². The third-order valence-corrected chi connectivity index (χ3v) is 4.99. The first kappa shape index (κ1) is 13.9. The quantitative estimate of drug-likeness (QED) is 0.865. The van der Waals surface area contributed by atoms with Crippen LogP contribution in [0.25, 0.3) is 0 Å². The van der Waals surface area contributed by atoms with Crippen molar-refractivity contribution in [1.82, 2.24) is 4.98 Å². The van der Waals surface area contributed by atoms with Crippen LogP contribution < -0.4 is 5.32 Å². The van der Waals surface area contributed by atoms with Gasteiger partial charge in [-0.1, -0.05) is 26.2 Å². The minimum absolute atomic E-state index is 0.832. The highest BCUT2D eigenvalue weighted by atomic mass is 79.9. The lowest BCUT2D eigenvalue weighted by Gasteiger charge is -2.28. The lowest BCUT2D eigenvalue weighted by molar-refractivity contribution is 0.278. The normalized spacial score (nSPS) is 23.9. The molecule has 100 valence electrons. The molecule has 1 fully saturated rings. The lowest BCUT2D eigenvalue weighted by Crippen LogP contribution is -2.21. The molecule has 0 aliphatic heterocycles. The van der Waals surface area contributed by atoms with E-state index in [1.807, 2.05) is 6.20 Å². The van der Waals surface area contributed by atoms with Gasteiger partial charge in [-0.25, -0.2) is 4.98 Å². The Bertz CT molecular complexity index is 384. The van der Waals surface area contributed by atoms with Crippen LogP contribution in [0.1, 0.15) is 44.6 Å². The Morgan fingerprint density at radius 3 is 2.56 bits per heavy atom. The molecule has 0 atom stereocenters. The molecule has 2 nitrogen and oxygen atoms in total. The van der Waals surface area contributed by atoms with E-state index in [9.17, 15) is 0 Å². The number of halogens is 1. The monoisotopic (exact) mass is 310 g/mol. The molecule has 1 N–H and O–H groups in total. The first-order chi connectivity index (χ1) is 8.69. The number of nitrogens with zero attached hydrogens (tertiary/aromatic N) is 1. The smallest absolute Gasteiger partial charge is 0.126 e. The molecule has 0 amide bonds. The van der Waals surface area contributed by atoms with E-state index in [1.54, 1.807) is 0 Å². The molecule has 0 unspecified atom stereocenters. The number of anilines is 1. The van der Waals surface area contributed by atoms with Crippen molar-refractivity contribution in [2.45, 2.75) is 46.0 Å². The maximum atomic E-state index is 4.40. The summed E-state index contributed by atoms with van der Waals surface area (Å²) in [5.41, 5.74) is 1.24. The highest BCUT2D eigenvalue weighted by Crippen LogP contribution is 2.30. The van der Waals surface area contributed by atoms with Crippen molar-refractivity contribution in [2.24, 2.45) is 11.8 Å². The van der Waals surface area contributed by atoms with Crippen molar-refractivity contribution >= 4 is 21.7 Å². The predicted molar refractivity (Wildman–Crippen MR) is 80.9 cm³/mol. The van der Waals surface area contributed by atoms with E-state index in [2.05, 4.69) is 46.1 Å². The molecule has 18 heavy (non-hydrogen) atoms. The van der Waals surface area contributed by atoms with E-state index in [0.717, 1.165) is 28.7 Å². The Kier molecular flexibility index (Phi) is 5.04. The topological polar surface area (TPSA) is 24.9 Å². The molecule has 0 spiro atoms. The Morgan fingerprint density at radius 2 is 1.94 bits per heavy atom. The van der Waals surface area contributed by atoms with Crippen molar-refractivity contribution in [3.63, 3.8) is 0 Å². The molecular weight excluding hydrogens is 288 g/mol. The molecule has 1 aromatic heterocycles. The number of aryl methyl sites for hydroxylation is 1. The summed E-state index contributed by atoms with van der Waals surface area (Å²) in [6.07, 6.45) is 8.81. The maximum Gasteiger partial charge on any atom is 0.126 e. The van der Waals surface area contributed by atoms with Gasteiger partial charge in [0.15, 0.2) is 0 Å². The van der Waals surface area contributed by atoms with Gasteiger partial charge in [-0.05, 0) is 59.2 Å². The summed E-state index contributed by atoms with van der Waals surface area (Å²) < 4.78 is 1.08. The SMILES string of the molecule is CCC1CCC(CNc2cc(C)c(Br)cn2)CC1. The molecular formula is C15H23BrN2. The number of rotatable bonds is 4. The third-order valence-electron chi connectivity index (χ3n) is 4.16. The number of hydrogen-bond acceptors (Lipinski definition) is 2. The van der Waals surface area contributed by atoms with Gasteiger partial charge in [-0.15, -0.1) is 0 Å². The average Bonchev–Trinajstić information content (AvgIpc) is 2.41. The summed E-state index contributed by atoms with van der Waals surface area (Å²) >= 11 is 3.48. The van der Waals surface area contributed by atoms with E-state index >= 15 is 0 Å². The van der Waals surface area contributed by atoms with Gasteiger partial charge >= 0.3 is 0 Å². The first-order valence-electron chi connectivity index (χ1n) is 7.05. The summed E-state index contributed by atoms with van der Waals surface area (Å²) in [6.45, 7) is 5.49. The molecule has 1 saturated carbocycles.